The molecule has 5 nitrogen and oxygen atoms in total. The third-order valence-corrected chi connectivity index (χ3v) is 4.61. The van der Waals surface area contributed by atoms with Crippen LogP contribution < -0.4 is 0 Å². The van der Waals surface area contributed by atoms with Crippen LogP contribution in [0.4, 0.5) is 0 Å². The number of carbonyl (C=O) groups excluding carboxylic acids is 1. The Morgan fingerprint density at radius 3 is 2.33 bits per heavy atom. The van der Waals surface area contributed by atoms with Crippen molar-refractivity contribution in [2.75, 3.05) is 6.26 Å². The van der Waals surface area contributed by atoms with E-state index in [1.54, 1.807) is 24.3 Å². The second-order valence-corrected chi connectivity index (χ2v) is 7.72. The number of sulfone groups is 1. The van der Waals surface area contributed by atoms with Crippen molar-refractivity contribution in [3.8, 4) is 0 Å². The molecule has 0 aliphatic rings. The molecule has 0 spiro atoms. The summed E-state index contributed by atoms with van der Waals surface area (Å²) >= 11 is 12.5. The van der Waals surface area contributed by atoms with Gasteiger partial charge in [0.1, 0.15) is 5.15 Å². The molecular weight excluding hydrogens is 355 g/mol. The third kappa shape index (κ3) is 4.16. The summed E-state index contributed by atoms with van der Waals surface area (Å²) in [7, 11) is -3.57. The van der Waals surface area contributed by atoms with Gasteiger partial charge in [0.15, 0.2) is 0 Å². The maximum absolute atomic E-state index is 12.1. The van der Waals surface area contributed by atoms with Crippen molar-refractivity contribution in [1.82, 2.24) is 9.97 Å². The lowest BCUT2D eigenvalue weighted by atomic mass is 10.4. The number of hydrogen-bond donors (Lipinski definition) is 0. The molecule has 0 aliphatic heterocycles. The number of rotatable bonds is 3. The molecule has 2 aromatic rings. The summed E-state index contributed by atoms with van der Waals surface area (Å²) in [6.07, 6.45) is 2.07. The Labute approximate surface area is 135 Å². The van der Waals surface area contributed by atoms with Crippen molar-refractivity contribution in [2.45, 2.75) is 10.1 Å². The van der Waals surface area contributed by atoms with Gasteiger partial charge in [-0.05, 0) is 36.0 Å². The van der Waals surface area contributed by atoms with Gasteiger partial charge in [-0.3, -0.25) is 4.79 Å². The molecule has 0 aliphatic carbocycles. The van der Waals surface area contributed by atoms with Crippen LogP contribution in [0.2, 0.25) is 10.2 Å². The number of nitrogens with zero attached hydrogens (tertiary/aromatic N) is 2. The Hall–Kier alpha value is -1.15. The molecule has 0 saturated heterocycles. The lowest BCUT2D eigenvalue weighted by molar-refractivity contribution is 0.108. The van der Waals surface area contributed by atoms with Crippen LogP contribution in [0, 0.1) is 0 Å². The second-order valence-electron chi connectivity index (χ2n) is 3.97. The van der Waals surface area contributed by atoms with E-state index in [-0.39, 0.29) is 15.8 Å². The second kappa shape index (κ2) is 6.31. The predicted octanol–water partition coefficient (Wildman–Crippen LogP) is 3.12. The largest absolute Gasteiger partial charge is 0.281 e. The normalized spacial score (nSPS) is 11.4. The van der Waals surface area contributed by atoms with E-state index < -0.39 is 15.0 Å². The van der Waals surface area contributed by atoms with Crippen LogP contribution in [0.3, 0.4) is 0 Å². The van der Waals surface area contributed by atoms with Crippen LogP contribution in [0.1, 0.15) is 10.4 Å². The Morgan fingerprint density at radius 2 is 1.81 bits per heavy atom. The van der Waals surface area contributed by atoms with Crippen molar-refractivity contribution in [3.63, 3.8) is 0 Å². The minimum atomic E-state index is -3.57. The monoisotopic (exact) mass is 362 g/mol. The minimum absolute atomic E-state index is 0.0454. The summed E-state index contributed by atoms with van der Waals surface area (Å²) in [5, 5.41) is -0.439. The number of carbonyl (C=O) groups is 1. The Bertz CT molecular complexity index is 793. The fourth-order valence-corrected chi connectivity index (χ4v) is 3.02. The highest BCUT2D eigenvalue weighted by atomic mass is 35.5. The first-order valence-corrected chi connectivity index (χ1v) is 8.94. The van der Waals surface area contributed by atoms with Crippen LogP contribution in [-0.2, 0) is 9.84 Å². The Kier molecular flexibility index (Phi) is 4.88. The van der Waals surface area contributed by atoms with E-state index in [1.165, 1.54) is 0 Å². The van der Waals surface area contributed by atoms with E-state index in [0.717, 1.165) is 24.2 Å². The Balaban J connectivity index is 2.26. The quantitative estimate of drug-likeness (QED) is 0.474. The number of halogens is 2. The van der Waals surface area contributed by atoms with Gasteiger partial charge >= 0.3 is 0 Å². The molecule has 110 valence electrons. The van der Waals surface area contributed by atoms with Crippen LogP contribution in [-0.4, -0.2) is 29.8 Å². The summed E-state index contributed by atoms with van der Waals surface area (Å²) in [4.78, 5) is 20.1. The highest BCUT2D eigenvalue weighted by molar-refractivity contribution is 8.14. The molecule has 0 saturated carbocycles. The number of thioether (sulfide) groups is 1. The van der Waals surface area contributed by atoms with Crippen LogP contribution >= 0.6 is 35.0 Å². The number of benzene rings is 1. The zero-order valence-electron chi connectivity index (χ0n) is 10.6. The summed E-state index contributed by atoms with van der Waals surface area (Å²) in [5.41, 5.74) is 0.0454. The topological polar surface area (TPSA) is 77.0 Å². The smallest absolute Gasteiger partial charge is 0.248 e. The summed E-state index contributed by atoms with van der Waals surface area (Å²) < 4.78 is 22.6. The maximum atomic E-state index is 12.1. The summed E-state index contributed by atoms with van der Waals surface area (Å²) in [5.74, 6) is 0. The summed E-state index contributed by atoms with van der Waals surface area (Å²) in [6.45, 7) is 0. The zero-order valence-corrected chi connectivity index (χ0v) is 13.7. The van der Waals surface area contributed by atoms with E-state index in [2.05, 4.69) is 9.97 Å². The van der Waals surface area contributed by atoms with Crippen LogP contribution in [0.5, 0.6) is 0 Å². The van der Waals surface area contributed by atoms with E-state index in [1.807, 2.05) is 0 Å². The van der Waals surface area contributed by atoms with Crippen molar-refractivity contribution in [2.24, 2.45) is 0 Å². The highest BCUT2D eigenvalue weighted by Gasteiger charge is 2.18. The van der Waals surface area contributed by atoms with Crippen LogP contribution in [0.15, 0.2) is 40.5 Å². The number of aromatic nitrogens is 2. The van der Waals surface area contributed by atoms with Crippen molar-refractivity contribution < 1.29 is 13.2 Å². The molecule has 0 fully saturated rings. The van der Waals surface area contributed by atoms with E-state index in [0.29, 0.717) is 9.92 Å². The Morgan fingerprint density at radius 1 is 1.19 bits per heavy atom. The van der Waals surface area contributed by atoms with Gasteiger partial charge in [-0.1, -0.05) is 23.2 Å². The van der Waals surface area contributed by atoms with E-state index in [4.69, 9.17) is 23.2 Å². The third-order valence-electron chi connectivity index (χ3n) is 2.30. The molecule has 0 atom stereocenters. The highest BCUT2D eigenvalue weighted by Crippen LogP contribution is 2.26. The van der Waals surface area contributed by atoms with Gasteiger partial charge < -0.3 is 0 Å². The molecule has 0 amide bonds. The van der Waals surface area contributed by atoms with Gasteiger partial charge in [-0.25, -0.2) is 18.4 Å². The molecular formula is C12H8Cl2N2O3S2. The van der Waals surface area contributed by atoms with Gasteiger partial charge in [0.25, 0.3) is 0 Å². The van der Waals surface area contributed by atoms with E-state index >= 15 is 0 Å². The van der Waals surface area contributed by atoms with Gasteiger partial charge in [0, 0.05) is 22.4 Å². The van der Waals surface area contributed by atoms with Gasteiger partial charge in [0.05, 0.1) is 5.56 Å². The molecule has 0 unspecified atom stereocenters. The summed E-state index contributed by atoms with van der Waals surface area (Å²) in [6, 6.07) is 6.68. The maximum Gasteiger partial charge on any atom is 0.248 e. The fourth-order valence-electron chi connectivity index (χ4n) is 1.33. The minimum Gasteiger partial charge on any atom is -0.281 e. The van der Waals surface area contributed by atoms with Crippen molar-refractivity contribution >= 4 is 49.9 Å². The standard InChI is InChI=1S/C12H8Cl2N2O3S2/c1-21(18,19)12-15-6-9(10(14)16-12)11(17)20-8-4-2-7(13)3-5-8/h2-6H,1H3. The van der Waals surface area contributed by atoms with Gasteiger partial charge in [0.2, 0.25) is 20.1 Å². The fraction of sp³-hybridized carbons (Fsp3) is 0.0833. The first-order valence-electron chi connectivity index (χ1n) is 5.48. The molecule has 9 heteroatoms. The molecule has 21 heavy (non-hydrogen) atoms. The lowest BCUT2D eigenvalue weighted by Crippen LogP contribution is -2.07. The van der Waals surface area contributed by atoms with Gasteiger partial charge in [-0.15, -0.1) is 0 Å². The average molecular weight is 363 g/mol. The van der Waals surface area contributed by atoms with Crippen LogP contribution in [0.25, 0.3) is 0 Å². The predicted molar refractivity (Wildman–Crippen MR) is 81.8 cm³/mol. The molecule has 0 N–H and O–H groups in total. The first kappa shape index (κ1) is 16.2. The van der Waals surface area contributed by atoms with E-state index in [9.17, 15) is 13.2 Å². The molecule has 2 rings (SSSR count). The first-order chi connectivity index (χ1) is 9.77. The number of hydrogen-bond acceptors (Lipinski definition) is 6. The molecule has 0 radical (unpaired) electrons. The van der Waals surface area contributed by atoms with Gasteiger partial charge in [-0.2, -0.15) is 0 Å². The molecule has 1 aromatic heterocycles. The van der Waals surface area contributed by atoms with Crippen molar-refractivity contribution in [1.29, 1.82) is 0 Å². The molecule has 1 aromatic carbocycles. The average Bonchev–Trinajstić information content (AvgIpc) is 2.40. The molecule has 0 bridgehead atoms. The SMILES string of the molecule is CS(=O)(=O)c1ncc(C(=O)Sc2ccc(Cl)cc2)c(Cl)n1. The molecule has 1 heterocycles. The zero-order chi connectivity index (χ0) is 15.6. The van der Waals surface area contributed by atoms with Crippen molar-refractivity contribution in [3.05, 3.63) is 46.2 Å². The lowest BCUT2D eigenvalue weighted by Gasteiger charge is -2.04.